The van der Waals surface area contributed by atoms with E-state index >= 15 is 0 Å². The van der Waals surface area contributed by atoms with Crippen LogP contribution in [0, 0.1) is 5.92 Å². The van der Waals surface area contributed by atoms with Crippen LogP contribution in [0.25, 0.3) is 91.3 Å². The van der Waals surface area contributed by atoms with Crippen molar-refractivity contribution in [3.8, 4) is 22.3 Å². The summed E-state index contributed by atoms with van der Waals surface area (Å²) in [5.74, 6) is 0.894. The molecule has 0 saturated heterocycles. The molecule has 0 fully saturated rings. The van der Waals surface area contributed by atoms with E-state index in [-0.39, 0.29) is 6.04 Å². The summed E-state index contributed by atoms with van der Waals surface area (Å²) in [5, 5.41) is 10.6. The minimum absolute atomic E-state index is 0.211. The molecule has 2 aromatic heterocycles. The first-order valence-corrected chi connectivity index (χ1v) is 26.7. The molecule has 2 nitrogen and oxygen atoms in total. The zero-order valence-electron chi connectivity index (χ0n) is 40.3. The van der Waals surface area contributed by atoms with Crippen LogP contribution in [0.1, 0.15) is 41.5 Å². The number of fused-ring (bicyclic) bond motifs is 12. The van der Waals surface area contributed by atoms with Gasteiger partial charge in [-0.3, -0.25) is 0 Å². The summed E-state index contributed by atoms with van der Waals surface area (Å²) in [7, 11) is 0. The highest BCUT2D eigenvalue weighted by molar-refractivity contribution is 7.25. The summed E-state index contributed by atoms with van der Waals surface area (Å²) in [5.41, 5.74) is 16.5. The predicted molar refractivity (Wildman–Crippen MR) is 313 cm³/mol. The molecule has 3 unspecified atom stereocenters. The molecule has 2 aliphatic carbocycles. The van der Waals surface area contributed by atoms with Crippen molar-refractivity contribution in [3.63, 3.8) is 0 Å². The number of hydrogen-bond donors (Lipinski definition) is 0. The Balaban J connectivity index is 0.797. The highest BCUT2D eigenvalue weighted by Crippen LogP contribution is 2.54. The lowest BCUT2D eigenvalue weighted by Crippen LogP contribution is -2.14. The maximum Gasteiger partial charge on any atom is 0.0701 e. The van der Waals surface area contributed by atoms with Gasteiger partial charge in [0.15, 0.2) is 0 Å². The minimum atomic E-state index is 0.211. The minimum Gasteiger partial charge on any atom is -0.332 e. The van der Waals surface area contributed by atoms with Gasteiger partial charge in [-0.1, -0.05) is 194 Å². The Morgan fingerprint density at radius 3 is 1.96 bits per heavy atom. The molecule has 0 amide bonds. The van der Waals surface area contributed by atoms with Crippen molar-refractivity contribution in [2.45, 2.75) is 31.2 Å². The van der Waals surface area contributed by atoms with Crippen molar-refractivity contribution in [2.24, 2.45) is 5.92 Å². The molecule has 3 aliphatic rings. The number of para-hydroxylation sites is 2. The molecule has 0 bridgehead atoms. The average Bonchev–Trinajstić information content (AvgIpc) is 4.13. The normalized spacial score (nSPS) is 16.9. The van der Waals surface area contributed by atoms with Gasteiger partial charge >= 0.3 is 0 Å². The smallest absolute Gasteiger partial charge is 0.0701 e. The lowest BCUT2D eigenvalue weighted by atomic mass is 9.82. The fourth-order valence-corrected chi connectivity index (χ4v) is 13.9. The van der Waals surface area contributed by atoms with E-state index in [1.165, 1.54) is 108 Å². The van der Waals surface area contributed by atoms with Crippen molar-refractivity contribution in [1.82, 2.24) is 4.57 Å². The molecule has 73 heavy (non-hydrogen) atoms. The van der Waals surface area contributed by atoms with Crippen molar-refractivity contribution in [3.05, 3.63) is 265 Å². The standard InChI is InChI=1S/C70H50N2S/c1-3-13-45(14-4-1)25-26-51-41-50-17-7-8-18-56(50)58-38-31-49(42-65(51)58)48-29-35-54(36-30-48)71(53-33-27-47(28-34-53)46-15-5-2-6-16-46)55-37-40-61-60-39-32-52(43-67(60)73-68(61)44-55)57-20-11-22-63-64-23-12-21-62-59-19-9-10-24-66(59)72(69(57)63)70(62)64/h1-13,15-24,27-45,63,69H,14,25-26H2. The molecule has 15 rings (SSSR count). The van der Waals surface area contributed by atoms with Crippen molar-refractivity contribution >= 4 is 97.5 Å². The van der Waals surface area contributed by atoms with Crippen LogP contribution < -0.4 is 4.90 Å². The van der Waals surface area contributed by atoms with Gasteiger partial charge in [-0.15, -0.1) is 11.3 Å². The third-order valence-electron chi connectivity index (χ3n) is 16.2. The van der Waals surface area contributed by atoms with E-state index in [1.807, 2.05) is 11.3 Å². The second-order valence-corrected chi connectivity index (χ2v) is 21.3. The van der Waals surface area contributed by atoms with Gasteiger partial charge in [-0.2, -0.15) is 0 Å². The van der Waals surface area contributed by atoms with Gasteiger partial charge in [0.1, 0.15) is 0 Å². The van der Waals surface area contributed by atoms with Gasteiger partial charge in [0, 0.05) is 59.4 Å². The van der Waals surface area contributed by atoms with Gasteiger partial charge in [-0.05, 0) is 146 Å². The quantitative estimate of drug-likeness (QED) is 0.131. The molecular formula is C70H50N2S. The molecule has 12 aromatic rings. The number of aryl methyl sites for hydroxylation is 1. The zero-order valence-corrected chi connectivity index (χ0v) is 41.1. The number of nitrogens with zero attached hydrogens (tertiary/aromatic N) is 2. The molecule has 3 heteroatoms. The molecule has 0 N–H and O–H groups in total. The topological polar surface area (TPSA) is 8.17 Å². The van der Waals surface area contributed by atoms with E-state index in [1.54, 1.807) is 0 Å². The SMILES string of the molecule is C1=CCC(CCc2cc3ccccc3c3ccc(-c4ccc(N(c5ccc(-c6ccccc6)cc5)c5ccc6c(c5)sc5cc(C7=CC=CC8c9cccc%10c%11ccccc%11n(c9%10)C78)ccc56)cc4)cc23)C=C1. The van der Waals surface area contributed by atoms with E-state index < -0.39 is 0 Å². The summed E-state index contributed by atoms with van der Waals surface area (Å²) < 4.78 is 5.22. The van der Waals surface area contributed by atoms with Crippen LogP contribution in [0.5, 0.6) is 0 Å². The lowest BCUT2D eigenvalue weighted by Gasteiger charge is -2.27. The molecule has 3 heterocycles. The maximum absolute atomic E-state index is 2.63. The number of thiophene rings is 1. The highest BCUT2D eigenvalue weighted by Gasteiger charge is 2.38. The first kappa shape index (κ1) is 42.2. The second kappa shape index (κ2) is 17.1. The maximum atomic E-state index is 2.63. The van der Waals surface area contributed by atoms with Crippen LogP contribution in [-0.4, -0.2) is 4.57 Å². The third kappa shape index (κ3) is 6.98. The molecule has 0 saturated carbocycles. The summed E-state index contributed by atoms with van der Waals surface area (Å²) >= 11 is 1.90. The Morgan fingerprint density at radius 1 is 0.466 bits per heavy atom. The van der Waals surface area contributed by atoms with Gasteiger partial charge in [-0.25, -0.2) is 0 Å². The van der Waals surface area contributed by atoms with Crippen LogP contribution in [0.4, 0.5) is 17.1 Å². The van der Waals surface area contributed by atoms with Crippen LogP contribution >= 0.6 is 11.3 Å². The predicted octanol–water partition coefficient (Wildman–Crippen LogP) is 19.6. The van der Waals surface area contributed by atoms with E-state index in [0.29, 0.717) is 11.8 Å². The van der Waals surface area contributed by atoms with E-state index in [4.69, 9.17) is 0 Å². The number of aromatic nitrogens is 1. The summed E-state index contributed by atoms with van der Waals surface area (Å²) in [6.45, 7) is 0. The molecule has 1 aliphatic heterocycles. The number of anilines is 3. The number of allylic oxidation sites excluding steroid dienone is 8. The first-order chi connectivity index (χ1) is 36.2. The summed E-state index contributed by atoms with van der Waals surface area (Å²) in [4.78, 5) is 2.42. The van der Waals surface area contributed by atoms with E-state index in [0.717, 1.165) is 36.3 Å². The number of benzene rings is 10. The van der Waals surface area contributed by atoms with Gasteiger partial charge in [0.05, 0.1) is 11.6 Å². The van der Waals surface area contributed by atoms with Gasteiger partial charge in [0.2, 0.25) is 0 Å². The fraction of sp³-hybridized carbons (Fsp3) is 0.0857. The Hall–Kier alpha value is -8.50. The van der Waals surface area contributed by atoms with Crippen molar-refractivity contribution < 1.29 is 0 Å². The van der Waals surface area contributed by atoms with E-state index in [9.17, 15) is 0 Å². The van der Waals surface area contributed by atoms with Crippen LogP contribution in [0.15, 0.2) is 249 Å². The van der Waals surface area contributed by atoms with Crippen molar-refractivity contribution in [2.75, 3.05) is 4.90 Å². The highest BCUT2D eigenvalue weighted by atomic mass is 32.1. The van der Waals surface area contributed by atoms with Crippen LogP contribution in [0.3, 0.4) is 0 Å². The Morgan fingerprint density at radius 2 is 1.14 bits per heavy atom. The first-order valence-electron chi connectivity index (χ1n) is 25.9. The Labute approximate surface area is 429 Å². The van der Waals surface area contributed by atoms with Crippen LogP contribution in [0.2, 0.25) is 0 Å². The number of hydrogen-bond acceptors (Lipinski definition) is 2. The zero-order chi connectivity index (χ0) is 48.0. The van der Waals surface area contributed by atoms with Gasteiger partial charge < -0.3 is 9.47 Å². The van der Waals surface area contributed by atoms with Crippen LogP contribution in [-0.2, 0) is 6.42 Å². The molecular weight excluding hydrogens is 901 g/mol. The molecule has 0 radical (unpaired) electrons. The summed E-state index contributed by atoms with van der Waals surface area (Å²) in [6.07, 6.45) is 19.5. The average molecular weight is 951 g/mol. The molecule has 0 spiro atoms. The van der Waals surface area contributed by atoms with E-state index in [2.05, 4.69) is 258 Å². The Bertz CT molecular complexity index is 4300. The molecule has 10 aromatic carbocycles. The molecule has 346 valence electrons. The Kier molecular flexibility index (Phi) is 9.88. The largest absolute Gasteiger partial charge is 0.332 e. The second-order valence-electron chi connectivity index (χ2n) is 20.3. The third-order valence-corrected chi connectivity index (χ3v) is 17.3. The van der Waals surface area contributed by atoms with Crippen molar-refractivity contribution in [1.29, 1.82) is 0 Å². The molecule has 3 atom stereocenters. The monoisotopic (exact) mass is 950 g/mol. The van der Waals surface area contributed by atoms with Gasteiger partial charge in [0.25, 0.3) is 0 Å². The summed E-state index contributed by atoms with van der Waals surface area (Å²) in [6, 6.07) is 77.7. The lowest BCUT2D eigenvalue weighted by molar-refractivity contribution is 0.596. The number of rotatable bonds is 9. The fourth-order valence-electron chi connectivity index (χ4n) is 12.7.